The first-order valence-corrected chi connectivity index (χ1v) is 8.45. The molecule has 1 N–H and O–H groups in total. The van der Waals surface area contributed by atoms with Crippen molar-refractivity contribution in [2.75, 3.05) is 5.32 Å². The third-order valence-electron chi connectivity index (χ3n) is 4.41. The Morgan fingerprint density at radius 3 is 2.46 bits per heavy atom. The summed E-state index contributed by atoms with van der Waals surface area (Å²) in [5.74, 6) is 0.465. The van der Waals surface area contributed by atoms with Crippen LogP contribution in [-0.4, -0.2) is 10.9 Å². The van der Waals surface area contributed by atoms with E-state index in [1.165, 1.54) is 0 Å². The van der Waals surface area contributed by atoms with E-state index in [-0.39, 0.29) is 5.91 Å². The minimum atomic E-state index is -0.110. The lowest BCUT2D eigenvalue weighted by Crippen LogP contribution is -2.14. The monoisotopic (exact) mass is 342 g/mol. The lowest BCUT2D eigenvalue weighted by Gasteiger charge is -2.10. The van der Waals surface area contributed by atoms with Gasteiger partial charge in [0.25, 0.3) is 5.91 Å². The molecule has 26 heavy (non-hydrogen) atoms. The first-order chi connectivity index (χ1) is 12.6. The zero-order chi connectivity index (χ0) is 18.1. The van der Waals surface area contributed by atoms with Crippen LogP contribution < -0.4 is 5.32 Å². The highest BCUT2D eigenvalue weighted by atomic mass is 16.3. The van der Waals surface area contributed by atoms with E-state index in [9.17, 15) is 4.79 Å². The lowest BCUT2D eigenvalue weighted by molar-refractivity contribution is 0.102. The van der Waals surface area contributed by atoms with Gasteiger partial charge in [-0.15, -0.1) is 0 Å². The molecule has 4 nitrogen and oxygen atoms in total. The fourth-order valence-corrected chi connectivity index (χ4v) is 2.95. The number of oxazole rings is 1. The summed E-state index contributed by atoms with van der Waals surface area (Å²) in [5.41, 5.74) is 5.83. The number of nitrogens with one attached hydrogen (secondary N) is 1. The lowest BCUT2D eigenvalue weighted by atomic mass is 10.1. The Morgan fingerprint density at radius 2 is 1.69 bits per heavy atom. The average molecular weight is 342 g/mol. The first kappa shape index (κ1) is 16.1. The highest BCUT2D eigenvalue weighted by Gasteiger charge is 2.12. The molecule has 0 aliphatic heterocycles. The molecule has 0 radical (unpaired) electrons. The van der Waals surface area contributed by atoms with Gasteiger partial charge >= 0.3 is 0 Å². The summed E-state index contributed by atoms with van der Waals surface area (Å²) in [4.78, 5) is 17.0. The minimum Gasteiger partial charge on any atom is -0.436 e. The second-order valence-electron chi connectivity index (χ2n) is 6.29. The largest absolute Gasteiger partial charge is 0.436 e. The van der Waals surface area contributed by atoms with Crippen molar-refractivity contribution in [3.63, 3.8) is 0 Å². The highest BCUT2D eigenvalue weighted by molar-refractivity contribution is 6.05. The van der Waals surface area contributed by atoms with Crippen LogP contribution in [0.3, 0.4) is 0 Å². The molecule has 0 saturated heterocycles. The summed E-state index contributed by atoms with van der Waals surface area (Å²) in [5, 5.41) is 2.98. The summed E-state index contributed by atoms with van der Waals surface area (Å²) in [6.45, 7) is 3.89. The van der Waals surface area contributed by atoms with Crippen molar-refractivity contribution in [3.05, 3.63) is 83.4 Å². The van der Waals surface area contributed by atoms with Gasteiger partial charge in [0.2, 0.25) is 5.89 Å². The third-order valence-corrected chi connectivity index (χ3v) is 4.41. The van der Waals surface area contributed by atoms with E-state index in [2.05, 4.69) is 10.3 Å². The summed E-state index contributed by atoms with van der Waals surface area (Å²) in [6, 6.07) is 21.0. The number of aryl methyl sites for hydroxylation is 2. The smallest absolute Gasteiger partial charge is 0.255 e. The van der Waals surface area contributed by atoms with Crippen LogP contribution in [-0.2, 0) is 0 Å². The van der Waals surface area contributed by atoms with Crippen LogP contribution in [0.25, 0.3) is 22.6 Å². The molecule has 0 unspecified atom stereocenters. The highest BCUT2D eigenvalue weighted by Crippen LogP contribution is 2.27. The number of hydrogen-bond acceptors (Lipinski definition) is 3. The number of fused-ring (bicyclic) bond motifs is 1. The number of hydrogen-bond donors (Lipinski definition) is 1. The molecule has 4 aromatic rings. The normalized spacial score (nSPS) is 10.8. The van der Waals surface area contributed by atoms with Gasteiger partial charge in [0.05, 0.1) is 0 Å². The number of rotatable bonds is 3. The molecule has 1 amide bonds. The standard InChI is InChI=1S/C22H18N2O2/c1-14-7-3-4-8-17(14)21(25)23-18-12-11-16(13-15(18)2)22-24-19-9-5-6-10-20(19)26-22/h3-13H,1-2H3,(H,23,25). The molecule has 0 spiro atoms. The van der Waals surface area contributed by atoms with Gasteiger partial charge in [0.15, 0.2) is 5.58 Å². The number of para-hydroxylation sites is 2. The minimum absolute atomic E-state index is 0.110. The first-order valence-electron chi connectivity index (χ1n) is 8.45. The average Bonchev–Trinajstić information content (AvgIpc) is 3.08. The maximum Gasteiger partial charge on any atom is 0.255 e. The number of anilines is 1. The number of aromatic nitrogens is 1. The molecular formula is C22H18N2O2. The topological polar surface area (TPSA) is 55.1 Å². The number of amides is 1. The second-order valence-corrected chi connectivity index (χ2v) is 6.29. The second kappa shape index (κ2) is 6.48. The molecule has 1 heterocycles. The summed E-state index contributed by atoms with van der Waals surface area (Å²) in [6.07, 6.45) is 0. The Hall–Kier alpha value is -3.40. The summed E-state index contributed by atoms with van der Waals surface area (Å²) in [7, 11) is 0. The van der Waals surface area contributed by atoms with Gasteiger partial charge in [-0.25, -0.2) is 4.98 Å². The number of carbonyl (C=O) groups is 1. The third kappa shape index (κ3) is 2.97. The predicted molar refractivity (Wildman–Crippen MR) is 103 cm³/mol. The number of nitrogens with zero attached hydrogens (tertiary/aromatic N) is 1. The van der Waals surface area contributed by atoms with Crippen LogP contribution in [0.5, 0.6) is 0 Å². The van der Waals surface area contributed by atoms with Crippen molar-refractivity contribution in [2.24, 2.45) is 0 Å². The van der Waals surface area contributed by atoms with E-state index >= 15 is 0 Å². The van der Waals surface area contributed by atoms with E-state index in [1.807, 2.05) is 80.6 Å². The van der Waals surface area contributed by atoms with Crippen molar-refractivity contribution < 1.29 is 9.21 Å². The molecule has 0 aliphatic rings. The Kier molecular flexibility index (Phi) is 4.01. The molecule has 0 saturated carbocycles. The molecule has 4 rings (SSSR count). The van der Waals surface area contributed by atoms with E-state index in [0.717, 1.165) is 33.5 Å². The van der Waals surface area contributed by atoms with Crippen LogP contribution in [0.15, 0.2) is 71.1 Å². The van der Waals surface area contributed by atoms with E-state index in [4.69, 9.17) is 4.42 Å². The van der Waals surface area contributed by atoms with Crippen molar-refractivity contribution >= 4 is 22.7 Å². The zero-order valence-corrected chi connectivity index (χ0v) is 14.6. The van der Waals surface area contributed by atoms with Crippen molar-refractivity contribution in [3.8, 4) is 11.5 Å². The zero-order valence-electron chi connectivity index (χ0n) is 14.6. The van der Waals surface area contributed by atoms with Crippen LogP contribution >= 0.6 is 0 Å². The van der Waals surface area contributed by atoms with E-state index < -0.39 is 0 Å². The molecule has 1 aromatic heterocycles. The summed E-state index contributed by atoms with van der Waals surface area (Å²) < 4.78 is 5.82. The van der Waals surface area contributed by atoms with Crippen molar-refractivity contribution in [1.82, 2.24) is 4.98 Å². The van der Waals surface area contributed by atoms with Crippen LogP contribution in [0.4, 0.5) is 5.69 Å². The molecule has 0 bridgehead atoms. The van der Waals surface area contributed by atoms with Gasteiger partial charge in [-0.1, -0.05) is 30.3 Å². The Morgan fingerprint density at radius 1 is 0.923 bits per heavy atom. The number of benzene rings is 3. The van der Waals surface area contributed by atoms with Crippen molar-refractivity contribution in [1.29, 1.82) is 0 Å². The SMILES string of the molecule is Cc1cc(-c2nc3ccccc3o2)ccc1NC(=O)c1ccccc1C. The molecule has 0 aliphatic carbocycles. The molecule has 0 atom stereocenters. The Labute approximate surface area is 151 Å². The molecule has 3 aromatic carbocycles. The maximum atomic E-state index is 12.5. The van der Waals surface area contributed by atoms with Crippen LogP contribution in [0, 0.1) is 13.8 Å². The van der Waals surface area contributed by atoms with Crippen molar-refractivity contribution in [2.45, 2.75) is 13.8 Å². The Balaban J connectivity index is 1.62. The Bertz CT molecular complexity index is 1080. The molecule has 0 fully saturated rings. The number of carbonyl (C=O) groups excluding carboxylic acids is 1. The van der Waals surface area contributed by atoms with Crippen LogP contribution in [0.1, 0.15) is 21.5 Å². The van der Waals surface area contributed by atoms with Crippen LogP contribution in [0.2, 0.25) is 0 Å². The van der Waals surface area contributed by atoms with Gasteiger partial charge in [-0.2, -0.15) is 0 Å². The predicted octanol–water partition coefficient (Wildman–Crippen LogP) is 5.36. The molecular weight excluding hydrogens is 324 g/mol. The molecule has 128 valence electrons. The fourth-order valence-electron chi connectivity index (χ4n) is 2.95. The van der Waals surface area contributed by atoms with Gasteiger partial charge in [-0.3, -0.25) is 4.79 Å². The fraction of sp³-hybridized carbons (Fsp3) is 0.0909. The van der Waals surface area contributed by atoms with E-state index in [1.54, 1.807) is 0 Å². The quantitative estimate of drug-likeness (QED) is 0.545. The van der Waals surface area contributed by atoms with E-state index in [0.29, 0.717) is 11.5 Å². The summed E-state index contributed by atoms with van der Waals surface area (Å²) >= 11 is 0. The van der Waals surface area contributed by atoms with Gasteiger partial charge in [-0.05, 0) is 61.4 Å². The maximum absolute atomic E-state index is 12.5. The van der Waals surface area contributed by atoms with Gasteiger partial charge in [0.1, 0.15) is 5.52 Å². The molecule has 4 heteroatoms. The van der Waals surface area contributed by atoms with Gasteiger partial charge in [0, 0.05) is 16.8 Å². The van der Waals surface area contributed by atoms with Gasteiger partial charge < -0.3 is 9.73 Å².